The third-order valence-corrected chi connectivity index (χ3v) is 5.90. The Morgan fingerprint density at radius 2 is 2.15 bits per heavy atom. The van der Waals surface area contributed by atoms with Gasteiger partial charge in [-0.25, -0.2) is 0 Å². The number of nitrogens with zero attached hydrogens (tertiary/aromatic N) is 1. The van der Waals surface area contributed by atoms with E-state index >= 15 is 0 Å². The van der Waals surface area contributed by atoms with Crippen molar-refractivity contribution in [1.29, 1.82) is 0 Å². The molecule has 4 heteroatoms. The van der Waals surface area contributed by atoms with Gasteiger partial charge in [0, 0.05) is 0 Å². The Labute approximate surface area is 91.6 Å². The summed E-state index contributed by atoms with van der Waals surface area (Å²) in [6.07, 6.45) is 2.76. The fraction of sp³-hybridized carbons (Fsp3) is 1.00. The molecule has 0 bridgehead atoms. The second-order valence-corrected chi connectivity index (χ2v) is 7.12. The van der Waals surface area contributed by atoms with Gasteiger partial charge in [-0.1, -0.05) is 0 Å². The van der Waals surface area contributed by atoms with Crippen LogP contribution < -0.4 is 21.5 Å². The van der Waals surface area contributed by atoms with Crippen molar-refractivity contribution in [3.63, 3.8) is 0 Å². The summed E-state index contributed by atoms with van der Waals surface area (Å²) < 4.78 is 13.4. The van der Waals surface area contributed by atoms with Crippen LogP contribution in [0.25, 0.3) is 0 Å². The van der Waals surface area contributed by atoms with E-state index < -0.39 is 0 Å². The molecule has 1 fully saturated rings. The molecule has 1 rings (SSSR count). The Kier molecular flexibility index (Phi) is 5.54. The van der Waals surface area contributed by atoms with E-state index in [1.165, 1.54) is 23.8 Å². The molecule has 80 valence electrons. The number of ether oxygens (including phenoxy) is 2. The molecular weight excluding hydrogens is 281 g/mol. The molecule has 13 heavy (non-hydrogen) atoms. The fourth-order valence-corrected chi connectivity index (χ4v) is 4.97. The maximum absolute atomic E-state index is 5.55. The van der Waals surface area contributed by atoms with Crippen molar-refractivity contribution in [2.75, 3.05) is 38.2 Å². The van der Waals surface area contributed by atoms with E-state index in [1.54, 1.807) is 7.11 Å². The molecule has 1 saturated heterocycles. The van der Waals surface area contributed by atoms with Crippen LogP contribution in [0.2, 0.25) is 0 Å². The number of halogens is 1. The Hall–Kier alpha value is 0.610. The van der Waals surface area contributed by atoms with Crippen LogP contribution in [0.1, 0.15) is 19.8 Å². The summed E-state index contributed by atoms with van der Waals surface area (Å²) in [5.74, 6) is 0. The molecule has 0 amide bonds. The quantitative estimate of drug-likeness (QED) is 0.339. The van der Waals surface area contributed by atoms with E-state index in [4.69, 9.17) is 9.47 Å². The molecule has 0 saturated carbocycles. The third-order valence-electron chi connectivity index (χ3n) is 2.17. The first-order chi connectivity index (χ1) is 6.33. The van der Waals surface area contributed by atoms with Gasteiger partial charge in [0.05, 0.1) is 0 Å². The standard InChI is InChI=1S/C9H20INO2/c1-3-13-9-11(8-12-2)7-5-4-6-10-11/h3-9H2,1-2H3. The van der Waals surface area contributed by atoms with Crippen LogP contribution in [0.15, 0.2) is 0 Å². The third kappa shape index (κ3) is 3.69. The van der Waals surface area contributed by atoms with Crippen molar-refractivity contribution in [3.05, 3.63) is 0 Å². The summed E-state index contributed by atoms with van der Waals surface area (Å²) in [6.45, 7) is 5.88. The molecule has 1 aliphatic rings. The van der Waals surface area contributed by atoms with E-state index in [-0.39, 0.29) is 21.5 Å². The van der Waals surface area contributed by atoms with Crippen LogP contribution in [-0.4, -0.2) is 40.8 Å². The van der Waals surface area contributed by atoms with Crippen molar-refractivity contribution in [2.45, 2.75) is 19.8 Å². The van der Waals surface area contributed by atoms with Crippen molar-refractivity contribution in [1.82, 2.24) is 0 Å². The number of alkyl halides is 1. The molecule has 0 aliphatic carbocycles. The Morgan fingerprint density at radius 3 is 2.69 bits per heavy atom. The zero-order chi connectivity index (χ0) is 9.57. The first-order valence-corrected chi connectivity index (χ1v) is 7.36. The Bertz CT molecular complexity index is 132. The van der Waals surface area contributed by atoms with Crippen LogP contribution in [0, 0.1) is 0 Å². The molecule has 0 aromatic rings. The molecule has 1 unspecified atom stereocenters. The van der Waals surface area contributed by atoms with E-state index in [0.29, 0.717) is 0 Å². The van der Waals surface area contributed by atoms with Crippen molar-refractivity contribution < 1.29 is 33.6 Å². The predicted octanol–water partition coefficient (Wildman–Crippen LogP) is -1.80. The van der Waals surface area contributed by atoms with Crippen molar-refractivity contribution >= 4 is 0 Å². The monoisotopic (exact) mass is 301 g/mol. The zero-order valence-electron chi connectivity index (χ0n) is 8.59. The van der Waals surface area contributed by atoms with Crippen molar-refractivity contribution in [3.8, 4) is 0 Å². The molecule has 0 N–H and O–H groups in total. The average Bonchev–Trinajstić information content (AvgIpc) is 2.17. The van der Waals surface area contributed by atoms with E-state index in [9.17, 15) is 0 Å². The number of hydrogen-bond acceptors (Lipinski definition) is 2. The van der Waals surface area contributed by atoms with Crippen LogP contribution >= 0.6 is 0 Å². The summed E-state index contributed by atoms with van der Waals surface area (Å²) in [4.78, 5) is 0. The van der Waals surface area contributed by atoms with E-state index in [2.05, 4.69) is 6.92 Å². The van der Waals surface area contributed by atoms with Crippen LogP contribution in [0.4, 0.5) is 0 Å². The predicted molar refractivity (Wildman–Crippen MR) is 47.6 cm³/mol. The number of rotatable bonds is 5. The molecule has 1 heterocycles. The molecule has 1 aliphatic heterocycles. The summed E-state index contributed by atoms with van der Waals surface area (Å²) in [5, 5.41) is 0. The Morgan fingerprint density at radius 1 is 1.31 bits per heavy atom. The summed E-state index contributed by atoms with van der Waals surface area (Å²) in [5.41, 5.74) is 0. The van der Waals surface area contributed by atoms with Gasteiger partial charge >= 0.3 is 91.6 Å². The molecule has 0 radical (unpaired) electrons. The minimum atomic E-state index is 0.231. The van der Waals surface area contributed by atoms with E-state index in [0.717, 1.165) is 22.8 Å². The van der Waals surface area contributed by atoms with Gasteiger partial charge in [-0.05, 0) is 0 Å². The zero-order valence-corrected chi connectivity index (χ0v) is 10.7. The van der Waals surface area contributed by atoms with Gasteiger partial charge in [0.2, 0.25) is 0 Å². The Balaban J connectivity index is 2.40. The molecule has 3 nitrogen and oxygen atoms in total. The average molecular weight is 301 g/mol. The van der Waals surface area contributed by atoms with Gasteiger partial charge in [-0.2, -0.15) is 0 Å². The topological polar surface area (TPSA) is 18.5 Å². The first kappa shape index (κ1) is 11.7. The van der Waals surface area contributed by atoms with Crippen LogP contribution in [0.5, 0.6) is 0 Å². The van der Waals surface area contributed by atoms with Gasteiger partial charge in [-0.3, -0.25) is 0 Å². The van der Waals surface area contributed by atoms with Gasteiger partial charge in [0.25, 0.3) is 0 Å². The molecular formula is C9H20INO2. The van der Waals surface area contributed by atoms with Crippen molar-refractivity contribution in [2.24, 2.45) is 0 Å². The van der Waals surface area contributed by atoms with E-state index in [1.807, 2.05) is 0 Å². The van der Waals surface area contributed by atoms with Crippen LogP contribution in [-0.2, 0) is 9.47 Å². The first-order valence-electron chi connectivity index (χ1n) is 4.87. The fourth-order valence-electron chi connectivity index (χ4n) is 1.51. The molecule has 0 aromatic carbocycles. The molecule has 1 atom stereocenters. The van der Waals surface area contributed by atoms with Gasteiger partial charge in [0.1, 0.15) is 0 Å². The maximum atomic E-state index is 5.55. The van der Waals surface area contributed by atoms with Gasteiger partial charge in [0.15, 0.2) is 0 Å². The number of quaternary nitrogens is 1. The molecule has 0 spiro atoms. The SMILES string of the molecule is CCOC[N+]1(COC)CCCC[I-]1. The number of methoxy groups -OCH3 is 1. The van der Waals surface area contributed by atoms with Gasteiger partial charge in [-0.15, -0.1) is 0 Å². The van der Waals surface area contributed by atoms with Gasteiger partial charge < -0.3 is 0 Å². The molecule has 0 aromatic heterocycles. The summed E-state index contributed by atoms with van der Waals surface area (Å²) in [6, 6.07) is 0. The second-order valence-electron chi connectivity index (χ2n) is 3.31. The summed E-state index contributed by atoms with van der Waals surface area (Å²) in [7, 11) is 1.80. The number of hydrogen-bond donors (Lipinski definition) is 0. The van der Waals surface area contributed by atoms with Crippen LogP contribution in [0.3, 0.4) is 0 Å². The normalized spacial score (nSPS) is 29.7. The summed E-state index contributed by atoms with van der Waals surface area (Å²) >= 11 is 0.231. The second kappa shape index (κ2) is 6.16. The minimum absolute atomic E-state index is 0.231.